The normalized spacial score (nSPS) is 16.0. The highest BCUT2D eigenvalue weighted by Gasteiger charge is 2.31. The number of para-hydroxylation sites is 1. The zero-order chi connectivity index (χ0) is 22.7. The van der Waals surface area contributed by atoms with Gasteiger partial charge in [0.15, 0.2) is 5.11 Å². The number of allylic oxidation sites excluding steroid dienone is 1. The Morgan fingerprint density at radius 1 is 1.03 bits per heavy atom. The Hall–Kier alpha value is -3.38. The van der Waals surface area contributed by atoms with Crippen LogP contribution in [0.2, 0.25) is 0 Å². The van der Waals surface area contributed by atoms with E-state index in [4.69, 9.17) is 17.0 Å². The Morgan fingerprint density at radius 2 is 1.72 bits per heavy atom. The first-order valence-corrected chi connectivity index (χ1v) is 11.1. The van der Waals surface area contributed by atoms with E-state index >= 15 is 0 Å². The van der Waals surface area contributed by atoms with E-state index in [1.165, 1.54) is 0 Å². The molecular weight excluding hydrogens is 418 g/mol. The van der Waals surface area contributed by atoms with Crippen LogP contribution in [0, 0.1) is 5.92 Å². The molecule has 1 unspecified atom stereocenters. The van der Waals surface area contributed by atoms with Gasteiger partial charge < -0.3 is 20.7 Å². The summed E-state index contributed by atoms with van der Waals surface area (Å²) in [5.74, 6) is 1.09. The van der Waals surface area contributed by atoms with Crippen LogP contribution in [0.4, 0.5) is 5.69 Å². The molecule has 6 heteroatoms. The van der Waals surface area contributed by atoms with Crippen molar-refractivity contribution in [2.45, 2.75) is 26.8 Å². The molecule has 1 aliphatic heterocycles. The van der Waals surface area contributed by atoms with E-state index in [2.05, 4.69) is 35.9 Å². The molecule has 1 atom stereocenters. The predicted molar refractivity (Wildman–Crippen MR) is 134 cm³/mol. The molecular formula is C26H27N3O2S. The average Bonchev–Trinajstić information content (AvgIpc) is 2.77. The summed E-state index contributed by atoms with van der Waals surface area (Å²) in [5.41, 5.74) is 3.05. The van der Waals surface area contributed by atoms with Gasteiger partial charge in [-0.25, -0.2) is 0 Å². The summed E-state index contributed by atoms with van der Waals surface area (Å²) in [7, 11) is 0. The highest BCUT2D eigenvalue weighted by atomic mass is 32.1. The fraction of sp³-hybridized carbons (Fsp3) is 0.231. The first-order valence-electron chi connectivity index (χ1n) is 10.7. The van der Waals surface area contributed by atoms with Crippen LogP contribution in [0.25, 0.3) is 10.8 Å². The number of anilines is 1. The highest BCUT2D eigenvalue weighted by molar-refractivity contribution is 7.80. The van der Waals surface area contributed by atoms with Crippen molar-refractivity contribution in [2.75, 3.05) is 11.9 Å². The Kier molecular flexibility index (Phi) is 6.42. The van der Waals surface area contributed by atoms with E-state index in [9.17, 15) is 4.79 Å². The molecule has 0 bridgehead atoms. The number of hydrogen-bond donors (Lipinski definition) is 3. The van der Waals surface area contributed by atoms with Gasteiger partial charge in [0, 0.05) is 16.8 Å². The Labute approximate surface area is 193 Å². The van der Waals surface area contributed by atoms with Crippen LogP contribution in [-0.2, 0) is 4.79 Å². The molecule has 1 amide bonds. The molecule has 32 heavy (non-hydrogen) atoms. The number of carbonyl (C=O) groups excluding carboxylic acids is 1. The molecule has 0 saturated heterocycles. The number of carbonyl (C=O) groups is 1. The van der Waals surface area contributed by atoms with Gasteiger partial charge in [0.05, 0.1) is 18.2 Å². The van der Waals surface area contributed by atoms with Crippen molar-refractivity contribution in [1.29, 1.82) is 0 Å². The van der Waals surface area contributed by atoms with Gasteiger partial charge in [-0.3, -0.25) is 4.79 Å². The molecule has 164 valence electrons. The van der Waals surface area contributed by atoms with Gasteiger partial charge >= 0.3 is 0 Å². The van der Waals surface area contributed by atoms with Gasteiger partial charge in [-0.05, 0) is 54.2 Å². The Balaban J connectivity index is 1.76. The lowest BCUT2D eigenvalue weighted by Crippen LogP contribution is -2.45. The van der Waals surface area contributed by atoms with Crippen molar-refractivity contribution in [3.8, 4) is 5.75 Å². The van der Waals surface area contributed by atoms with Gasteiger partial charge in [0.25, 0.3) is 5.91 Å². The SMILES string of the molecule is CC1=C(C(=O)Nc2ccccc2)C(c2ccc(OCC(C)C)c3ccccc23)NC(=S)N1. The quantitative estimate of drug-likeness (QED) is 0.449. The van der Waals surface area contributed by atoms with Crippen LogP contribution in [0.5, 0.6) is 5.75 Å². The Bertz CT molecular complexity index is 1190. The molecule has 5 nitrogen and oxygen atoms in total. The van der Waals surface area contributed by atoms with Crippen molar-refractivity contribution in [2.24, 2.45) is 5.92 Å². The van der Waals surface area contributed by atoms with E-state index < -0.39 is 6.04 Å². The largest absolute Gasteiger partial charge is 0.493 e. The fourth-order valence-electron chi connectivity index (χ4n) is 3.88. The molecule has 0 spiro atoms. The van der Waals surface area contributed by atoms with E-state index in [1.54, 1.807) is 0 Å². The van der Waals surface area contributed by atoms with Crippen LogP contribution in [-0.4, -0.2) is 17.6 Å². The third-order valence-corrected chi connectivity index (χ3v) is 5.57. The van der Waals surface area contributed by atoms with Crippen molar-refractivity contribution >= 4 is 39.7 Å². The number of rotatable bonds is 6. The van der Waals surface area contributed by atoms with E-state index in [1.807, 2.05) is 67.6 Å². The van der Waals surface area contributed by atoms with Crippen LogP contribution in [0.1, 0.15) is 32.4 Å². The summed E-state index contributed by atoms with van der Waals surface area (Å²) in [6.45, 7) is 6.77. The number of thiocarbonyl (C=S) groups is 1. The van der Waals surface area contributed by atoms with E-state index in [-0.39, 0.29) is 5.91 Å². The summed E-state index contributed by atoms with van der Waals surface area (Å²) >= 11 is 5.44. The third kappa shape index (κ3) is 4.60. The van der Waals surface area contributed by atoms with E-state index in [0.29, 0.717) is 23.2 Å². The fourth-order valence-corrected chi connectivity index (χ4v) is 4.15. The number of ether oxygens (including phenoxy) is 1. The molecule has 0 radical (unpaired) electrons. The van der Waals surface area contributed by atoms with Crippen molar-refractivity contribution in [3.05, 3.63) is 83.6 Å². The second kappa shape index (κ2) is 9.40. The zero-order valence-electron chi connectivity index (χ0n) is 18.4. The Morgan fingerprint density at radius 3 is 2.44 bits per heavy atom. The van der Waals surface area contributed by atoms with Crippen LogP contribution in [0.3, 0.4) is 0 Å². The molecule has 0 aliphatic carbocycles. The van der Waals surface area contributed by atoms with Gasteiger partial charge in [0.2, 0.25) is 0 Å². The number of benzene rings is 3. The molecule has 0 aromatic heterocycles. The molecule has 3 N–H and O–H groups in total. The van der Waals surface area contributed by atoms with Gasteiger partial charge in [-0.1, -0.05) is 62.4 Å². The lowest BCUT2D eigenvalue weighted by atomic mass is 9.90. The minimum atomic E-state index is -0.392. The maximum atomic E-state index is 13.3. The molecule has 1 aliphatic rings. The summed E-state index contributed by atoms with van der Waals surface area (Å²) in [6.07, 6.45) is 0. The molecule has 4 rings (SSSR count). The standard InChI is InChI=1S/C26H27N3O2S/c1-16(2)15-31-22-14-13-21(19-11-7-8-12-20(19)22)24-23(17(3)27-26(32)29-24)25(30)28-18-9-5-4-6-10-18/h4-14,16,24H,15H2,1-3H3,(H,28,30)(H2,27,29,32). The van der Waals surface area contributed by atoms with Crippen molar-refractivity contribution in [3.63, 3.8) is 0 Å². The number of nitrogens with one attached hydrogen (secondary N) is 3. The average molecular weight is 446 g/mol. The highest BCUT2D eigenvalue weighted by Crippen LogP contribution is 2.36. The van der Waals surface area contributed by atoms with E-state index in [0.717, 1.165) is 33.5 Å². The van der Waals surface area contributed by atoms with Crippen molar-refractivity contribution < 1.29 is 9.53 Å². The third-order valence-electron chi connectivity index (χ3n) is 5.35. The molecule has 0 fully saturated rings. The van der Waals surface area contributed by atoms with Crippen molar-refractivity contribution in [1.82, 2.24) is 10.6 Å². The lowest BCUT2D eigenvalue weighted by molar-refractivity contribution is -0.113. The molecule has 1 heterocycles. The van der Waals surface area contributed by atoms with Gasteiger partial charge in [0.1, 0.15) is 5.75 Å². The summed E-state index contributed by atoms with van der Waals surface area (Å²) in [5, 5.41) is 11.9. The van der Waals surface area contributed by atoms with Crippen LogP contribution in [0.15, 0.2) is 78.0 Å². The minimum absolute atomic E-state index is 0.176. The summed E-state index contributed by atoms with van der Waals surface area (Å²) in [6, 6.07) is 21.2. The first-order chi connectivity index (χ1) is 15.4. The minimum Gasteiger partial charge on any atom is -0.493 e. The topological polar surface area (TPSA) is 62.4 Å². The summed E-state index contributed by atoms with van der Waals surface area (Å²) < 4.78 is 6.07. The number of amides is 1. The van der Waals surface area contributed by atoms with Gasteiger partial charge in [-0.15, -0.1) is 0 Å². The van der Waals surface area contributed by atoms with Crippen LogP contribution >= 0.6 is 12.2 Å². The predicted octanol–water partition coefficient (Wildman–Crippen LogP) is 5.31. The second-order valence-electron chi connectivity index (χ2n) is 8.29. The molecule has 0 saturated carbocycles. The molecule has 3 aromatic carbocycles. The molecule has 3 aromatic rings. The van der Waals surface area contributed by atoms with Crippen LogP contribution < -0.4 is 20.7 Å². The summed E-state index contributed by atoms with van der Waals surface area (Å²) in [4.78, 5) is 13.3. The zero-order valence-corrected chi connectivity index (χ0v) is 19.3. The number of fused-ring (bicyclic) bond motifs is 1. The maximum absolute atomic E-state index is 13.3. The number of hydrogen-bond acceptors (Lipinski definition) is 3. The van der Waals surface area contributed by atoms with Gasteiger partial charge in [-0.2, -0.15) is 0 Å². The monoisotopic (exact) mass is 445 g/mol. The second-order valence-corrected chi connectivity index (χ2v) is 8.70. The lowest BCUT2D eigenvalue weighted by Gasteiger charge is -2.31. The smallest absolute Gasteiger partial charge is 0.255 e. The maximum Gasteiger partial charge on any atom is 0.255 e. The first kappa shape index (κ1) is 21.8.